The second-order valence-corrected chi connectivity index (χ2v) is 1.73. The van der Waals surface area contributed by atoms with Crippen LogP contribution in [0.1, 0.15) is 0 Å². The molecule has 0 saturated carbocycles. The first kappa shape index (κ1) is 16.7. The fraction of sp³-hybridized carbons (Fsp3) is 0. The minimum Gasteiger partial charge on any atom is -0.377 e. The zero-order valence-electron chi connectivity index (χ0n) is 6.28. The van der Waals surface area contributed by atoms with Crippen LogP contribution in [0.3, 0.4) is 0 Å². The fourth-order valence-electron chi connectivity index (χ4n) is 0. The third-order valence-corrected chi connectivity index (χ3v) is 0. The lowest BCUT2D eigenvalue weighted by atomic mass is 11.1. The van der Waals surface area contributed by atoms with Crippen LogP contribution in [-0.4, -0.2) is 17.1 Å². The lowest BCUT2D eigenvalue weighted by molar-refractivity contribution is 0.256. The van der Waals surface area contributed by atoms with E-state index in [4.69, 9.17) is 10.2 Å². The largest absolute Gasteiger partial charge is 0.377 e. The van der Waals surface area contributed by atoms with Gasteiger partial charge in [-0.1, -0.05) is 0 Å². The maximum atomic E-state index is 9.00. The monoisotopic (exact) mass is 195 g/mol. The minimum absolute atomic E-state index is 0.000000000000000222. The van der Waals surface area contributed by atoms with Gasteiger partial charge in [-0.05, 0) is 12.2 Å². The van der Waals surface area contributed by atoms with Crippen LogP contribution < -0.4 is 34.4 Å². The molecule has 0 aliphatic heterocycles. The van der Waals surface area contributed by atoms with E-state index in [-0.39, 0.29) is 11.1 Å². The molecule has 12 heavy (non-hydrogen) atoms. The number of primary amides is 2. The van der Waals surface area contributed by atoms with Gasteiger partial charge in [0.15, 0.2) is 11.1 Å². The molecule has 0 aromatic rings. The Morgan fingerprint density at radius 1 is 1.00 bits per heavy atom. The van der Waals surface area contributed by atoms with Crippen LogP contribution in [0.4, 0.5) is 4.79 Å². The van der Waals surface area contributed by atoms with Gasteiger partial charge in [-0.3, -0.25) is 5.41 Å². The van der Waals surface area contributed by atoms with E-state index in [9.17, 15) is 0 Å². The summed E-state index contributed by atoms with van der Waals surface area (Å²) in [6, 6.07) is -0.833. The maximum absolute atomic E-state index is 9.00. The van der Waals surface area contributed by atoms with Crippen molar-refractivity contribution in [1.82, 2.24) is 0 Å². The van der Waals surface area contributed by atoms with Gasteiger partial charge in [0.1, 0.15) is 0 Å². The normalized spacial score (nSPS) is 6.00. The maximum Gasteiger partial charge on any atom is 0.309 e. The molecular formula is C3H13N7OS. The second-order valence-electron chi connectivity index (χ2n) is 1.26. The number of nitrogens with one attached hydrogen (secondary N) is 1. The Labute approximate surface area is 74.7 Å². The number of urea groups is 1. The van der Waals surface area contributed by atoms with Gasteiger partial charge in [0.25, 0.3) is 0 Å². The molecule has 0 spiro atoms. The summed E-state index contributed by atoms with van der Waals surface area (Å²) in [6.07, 6.45) is 0. The predicted molar refractivity (Wildman–Crippen MR) is 50.8 cm³/mol. The summed E-state index contributed by atoms with van der Waals surface area (Å²) in [6.45, 7) is 0. The summed E-state index contributed by atoms with van der Waals surface area (Å²) in [5.41, 5.74) is 26.7. The number of amides is 2. The van der Waals surface area contributed by atoms with Gasteiger partial charge in [0.2, 0.25) is 0 Å². The highest BCUT2D eigenvalue weighted by atomic mass is 32.1. The van der Waals surface area contributed by atoms with Crippen molar-refractivity contribution >= 4 is 29.3 Å². The summed E-state index contributed by atoms with van der Waals surface area (Å²) in [4.78, 5) is 9.00. The van der Waals surface area contributed by atoms with Crippen LogP contribution in [0.25, 0.3) is 0 Å². The summed E-state index contributed by atoms with van der Waals surface area (Å²) in [5.74, 6) is -0.333. The lowest BCUT2D eigenvalue weighted by Crippen LogP contribution is -2.20. The van der Waals surface area contributed by atoms with E-state index in [1.165, 1.54) is 0 Å². The van der Waals surface area contributed by atoms with Crippen LogP contribution in [0.5, 0.6) is 0 Å². The average Bonchev–Trinajstić information content (AvgIpc) is 1.54. The second kappa shape index (κ2) is 12.0. The molecule has 13 N–H and O–H groups in total. The molecule has 0 saturated heterocycles. The molecule has 2 amide bonds. The van der Waals surface area contributed by atoms with Gasteiger partial charge in [0.05, 0.1) is 0 Å². The van der Waals surface area contributed by atoms with Gasteiger partial charge in [-0.25, -0.2) is 4.79 Å². The molecule has 0 rings (SSSR count). The van der Waals surface area contributed by atoms with E-state index in [0.717, 1.165) is 0 Å². The highest BCUT2D eigenvalue weighted by Crippen LogP contribution is 1.32. The molecule has 0 aliphatic carbocycles. The summed E-state index contributed by atoms with van der Waals surface area (Å²) in [7, 11) is 0. The highest BCUT2D eigenvalue weighted by molar-refractivity contribution is 7.80. The molecular weight excluding hydrogens is 182 g/mol. The smallest absolute Gasteiger partial charge is 0.309 e. The Morgan fingerprint density at radius 2 is 1.00 bits per heavy atom. The highest BCUT2D eigenvalue weighted by Gasteiger charge is 1.60. The van der Waals surface area contributed by atoms with Crippen molar-refractivity contribution in [2.45, 2.75) is 0 Å². The molecule has 0 aliphatic rings. The fourth-order valence-corrected chi connectivity index (χ4v) is 0. The Kier molecular flexibility index (Phi) is 16.6. The van der Waals surface area contributed by atoms with Crippen LogP contribution in [0, 0.1) is 5.41 Å². The van der Waals surface area contributed by atoms with Crippen molar-refractivity contribution in [1.29, 1.82) is 5.41 Å². The number of guanidine groups is 1. The van der Waals surface area contributed by atoms with Crippen LogP contribution >= 0.6 is 12.2 Å². The number of thiocarbonyl (C=S) groups is 1. The zero-order valence-corrected chi connectivity index (χ0v) is 7.10. The van der Waals surface area contributed by atoms with Gasteiger partial charge < -0.3 is 34.4 Å². The van der Waals surface area contributed by atoms with Gasteiger partial charge in [-0.15, -0.1) is 0 Å². The van der Waals surface area contributed by atoms with E-state index >= 15 is 0 Å². The molecule has 0 aromatic heterocycles. The Bertz CT molecular complexity index is 116. The molecule has 0 aromatic carbocycles. The molecule has 8 nitrogen and oxygen atoms in total. The van der Waals surface area contributed by atoms with Crippen molar-refractivity contribution in [3.05, 3.63) is 0 Å². The van der Waals surface area contributed by atoms with Crippen molar-refractivity contribution in [2.75, 3.05) is 0 Å². The Balaban J connectivity index is -0.000000101. The standard InChI is InChI=1S/CH5N3.CH4N2O.CH4N2S/c3*2-1(3)4/h(H5,2,3,4);2*(H4,2,3,4). The van der Waals surface area contributed by atoms with E-state index in [0.29, 0.717) is 0 Å². The van der Waals surface area contributed by atoms with Gasteiger partial charge in [0, 0.05) is 0 Å². The molecule has 0 bridgehead atoms. The van der Waals surface area contributed by atoms with Crippen LogP contribution in [0.2, 0.25) is 0 Å². The predicted octanol–water partition coefficient (Wildman–Crippen LogP) is -2.95. The number of nitrogens with two attached hydrogens (primary N) is 6. The van der Waals surface area contributed by atoms with Crippen molar-refractivity contribution < 1.29 is 4.79 Å². The molecule has 0 fully saturated rings. The topological polar surface area (TPSA) is 197 Å². The quantitative estimate of drug-likeness (QED) is 0.122. The van der Waals surface area contributed by atoms with Crippen molar-refractivity contribution in [3.63, 3.8) is 0 Å². The van der Waals surface area contributed by atoms with E-state index in [1.54, 1.807) is 0 Å². The molecule has 0 atom stereocenters. The average molecular weight is 195 g/mol. The van der Waals surface area contributed by atoms with Gasteiger partial charge in [-0.2, -0.15) is 0 Å². The Hall–Kier alpha value is -1.77. The van der Waals surface area contributed by atoms with Crippen LogP contribution in [-0.2, 0) is 0 Å². The van der Waals surface area contributed by atoms with E-state index in [2.05, 4.69) is 46.6 Å². The molecule has 72 valence electrons. The lowest BCUT2D eigenvalue weighted by Gasteiger charge is -1.69. The van der Waals surface area contributed by atoms with E-state index < -0.39 is 6.03 Å². The molecule has 0 radical (unpaired) electrons. The zero-order chi connectivity index (χ0) is 10.7. The van der Waals surface area contributed by atoms with Gasteiger partial charge >= 0.3 is 6.03 Å². The molecule has 0 unspecified atom stereocenters. The van der Waals surface area contributed by atoms with Crippen molar-refractivity contribution in [2.24, 2.45) is 34.4 Å². The first-order valence-corrected chi connectivity index (χ1v) is 2.80. The number of carbonyl (C=O) groups excluding carboxylic acids is 1. The molecule has 9 heteroatoms. The van der Waals surface area contributed by atoms with Crippen LogP contribution in [0.15, 0.2) is 0 Å². The Morgan fingerprint density at radius 3 is 1.00 bits per heavy atom. The third kappa shape index (κ3) is 137. The number of rotatable bonds is 0. The SMILES string of the molecule is N=C(N)N.NC(N)=O.NC(N)=S. The van der Waals surface area contributed by atoms with Crippen molar-refractivity contribution in [3.8, 4) is 0 Å². The summed E-state index contributed by atoms with van der Waals surface area (Å²) in [5, 5.41) is 6.06. The number of hydrogen-bond acceptors (Lipinski definition) is 3. The summed E-state index contributed by atoms with van der Waals surface area (Å²) >= 11 is 4.09. The third-order valence-electron chi connectivity index (χ3n) is 0. The summed E-state index contributed by atoms with van der Waals surface area (Å²) < 4.78 is 0. The first-order chi connectivity index (χ1) is 5.20. The number of hydrogen-bond donors (Lipinski definition) is 7. The first-order valence-electron chi connectivity index (χ1n) is 2.39. The minimum atomic E-state index is -0.833. The van der Waals surface area contributed by atoms with E-state index in [1.807, 2.05) is 0 Å². The molecule has 0 heterocycles. The number of carbonyl (C=O) groups is 1.